The van der Waals surface area contributed by atoms with Gasteiger partial charge in [0.2, 0.25) is 0 Å². The van der Waals surface area contributed by atoms with E-state index >= 15 is 0 Å². The molecule has 4 atom stereocenters. The summed E-state index contributed by atoms with van der Waals surface area (Å²) in [6, 6.07) is 3.44. The van der Waals surface area contributed by atoms with Gasteiger partial charge in [0.05, 0.1) is 6.10 Å². The predicted molar refractivity (Wildman–Crippen MR) is 82.8 cm³/mol. The number of carboxylic acid groups (broad SMARTS) is 1. The topological polar surface area (TPSA) is 76.0 Å². The third-order valence-corrected chi connectivity index (χ3v) is 5.83. The number of hydrogen-bond acceptors (Lipinski definition) is 5. The maximum absolute atomic E-state index is 14.4. The molecule has 2 heterocycles. The lowest BCUT2D eigenvalue weighted by atomic mass is 9.77. The second kappa shape index (κ2) is 5.68. The third-order valence-electron chi connectivity index (χ3n) is 4.70. The van der Waals surface area contributed by atoms with Crippen LogP contribution in [0.15, 0.2) is 17.0 Å². The maximum atomic E-state index is 14.4. The Morgan fingerprint density at radius 1 is 1.48 bits per heavy atom. The summed E-state index contributed by atoms with van der Waals surface area (Å²) in [6.45, 7) is 0.542. The van der Waals surface area contributed by atoms with E-state index in [1.54, 1.807) is 12.1 Å². The fourth-order valence-corrected chi connectivity index (χ4v) is 4.46. The SMILES string of the molecule is O=C(O)c1c(SC(F)C2CCCO2)ccc2c1OB(O)C1CC21. The minimum absolute atomic E-state index is 0.0449. The number of halogens is 1. The highest BCUT2D eigenvalue weighted by atomic mass is 32.2. The molecule has 0 radical (unpaired) electrons. The van der Waals surface area contributed by atoms with Crippen LogP contribution in [0.4, 0.5) is 4.39 Å². The van der Waals surface area contributed by atoms with Gasteiger partial charge in [0, 0.05) is 17.3 Å². The summed E-state index contributed by atoms with van der Waals surface area (Å²) in [7, 11) is -0.981. The van der Waals surface area contributed by atoms with Gasteiger partial charge in [-0.1, -0.05) is 17.8 Å². The van der Waals surface area contributed by atoms with E-state index in [9.17, 15) is 19.3 Å². The standard InChI is InChI=1S/C15H16BFO5S/c17-14(10-2-1-5-21-10)23-11-4-3-7-8-6-9(8)16(20)22-13(7)12(11)15(18)19/h3-4,8-10,14,20H,1-2,5-6H2,(H,18,19). The van der Waals surface area contributed by atoms with Crippen molar-refractivity contribution in [2.45, 2.75) is 47.5 Å². The summed E-state index contributed by atoms with van der Waals surface area (Å²) in [4.78, 5) is 12.0. The number of fused-ring (bicyclic) bond motifs is 3. The van der Waals surface area contributed by atoms with E-state index in [4.69, 9.17) is 9.39 Å². The zero-order valence-electron chi connectivity index (χ0n) is 12.3. The molecular weight excluding hydrogens is 322 g/mol. The van der Waals surface area contributed by atoms with Gasteiger partial charge in [-0.15, -0.1) is 0 Å². The van der Waals surface area contributed by atoms with Crippen molar-refractivity contribution in [3.8, 4) is 5.75 Å². The first-order chi connectivity index (χ1) is 11.1. The van der Waals surface area contributed by atoms with Gasteiger partial charge in [0.15, 0.2) is 5.50 Å². The molecule has 122 valence electrons. The Morgan fingerprint density at radius 3 is 3.00 bits per heavy atom. The first-order valence-electron chi connectivity index (χ1n) is 7.73. The highest BCUT2D eigenvalue weighted by Crippen LogP contribution is 2.60. The molecule has 0 bridgehead atoms. The summed E-state index contributed by atoms with van der Waals surface area (Å²) < 4.78 is 25.1. The van der Waals surface area contributed by atoms with Crippen LogP contribution in [0.2, 0.25) is 5.82 Å². The van der Waals surface area contributed by atoms with Crippen LogP contribution in [-0.2, 0) is 4.74 Å². The van der Waals surface area contributed by atoms with Gasteiger partial charge < -0.3 is 19.5 Å². The molecule has 2 N–H and O–H groups in total. The van der Waals surface area contributed by atoms with Gasteiger partial charge in [0.1, 0.15) is 11.3 Å². The first-order valence-corrected chi connectivity index (χ1v) is 8.61. The predicted octanol–water partition coefficient (Wildman–Crippen LogP) is 2.68. The molecule has 1 aromatic carbocycles. The van der Waals surface area contributed by atoms with Crippen molar-refractivity contribution < 1.29 is 28.7 Å². The second-order valence-electron chi connectivity index (χ2n) is 6.20. The number of ether oxygens (including phenoxy) is 1. The minimum atomic E-state index is -1.32. The quantitative estimate of drug-likeness (QED) is 0.649. The Balaban J connectivity index is 1.67. The number of rotatable bonds is 4. The Labute approximate surface area is 137 Å². The normalized spacial score (nSPS) is 29.5. The average molecular weight is 338 g/mol. The van der Waals surface area contributed by atoms with Crippen molar-refractivity contribution in [1.29, 1.82) is 0 Å². The van der Waals surface area contributed by atoms with E-state index in [0.29, 0.717) is 17.9 Å². The summed E-state index contributed by atoms with van der Waals surface area (Å²) in [5.74, 6) is -0.794. The van der Waals surface area contributed by atoms with Crippen LogP contribution in [0, 0.1) is 0 Å². The van der Waals surface area contributed by atoms with Crippen molar-refractivity contribution in [3.63, 3.8) is 0 Å². The van der Waals surface area contributed by atoms with Crippen LogP contribution < -0.4 is 4.65 Å². The maximum Gasteiger partial charge on any atom is 0.526 e. The number of carbonyl (C=O) groups is 1. The lowest BCUT2D eigenvalue weighted by molar-refractivity contribution is 0.0688. The summed E-state index contributed by atoms with van der Waals surface area (Å²) in [6.07, 6.45) is 1.75. The van der Waals surface area contributed by atoms with Gasteiger partial charge in [0.25, 0.3) is 0 Å². The number of alkyl halides is 1. The Kier molecular flexibility index (Phi) is 3.78. The van der Waals surface area contributed by atoms with Crippen molar-refractivity contribution >= 4 is 24.8 Å². The molecule has 2 aliphatic heterocycles. The zero-order valence-corrected chi connectivity index (χ0v) is 13.1. The number of hydrogen-bond donors (Lipinski definition) is 2. The van der Waals surface area contributed by atoms with Crippen LogP contribution in [0.25, 0.3) is 0 Å². The van der Waals surface area contributed by atoms with Crippen LogP contribution >= 0.6 is 11.8 Å². The molecule has 0 amide bonds. The van der Waals surface area contributed by atoms with E-state index in [0.717, 1.165) is 30.2 Å². The number of carboxylic acids is 1. The number of benzene rings is 1. The number of thioether (sulfide) groups is 1. The fourth-order valence-electron chi connectivity index (χ4n) is 3.40. The van der Waals surface area contributed by atoms with Gasteiger partial charge in [-0.2, -0.15) is 0 Å². The molecule has 4 unspecified atom stereocenters. The molecule has 8 heteroatoms. The first kappa shape index (κ1) is 15.3. The zero-order chi connectivity index (χ0) is 16.1. The molecule has 5 nitrogen and oxygen atoms in total. The summed E-state index contributed by atoms with van der Waals surface area (Å²) in [5.41, 5.74) is -0.581. The van der Waals surface area contributed by atoms with E-state index < -0.39 is 24.7 Å². The molecule has 3 aliphatic rings. The molecule has 1 saturated heterocycles. The van der Waals surface area contributed by atoms with Crippen LogP contribution in [0.5, 0.6) is 5.75 Å². The van der Waals surface area contributed by atoms with Crippen molar-refractivity contribution in [2.24, 2.45) is 0 Å². The highest BCUT2D eigenvalue weighted by Gasteiger charge is 2.54. The molecule has 4 rings (SSSR count). The smallest absolute Gasteiger partial charge is 0.526 e. The monoisotopic (exact) mass is 338 g/mol. The molecule has 23 heavy (non-hydrogen) atoms. The van der Waals surface area contributed by atoms with Crippen LogP contribution in [0.3, 0.4) is 0 Å². The molecule has 1 aromatic rings. The van der Waals surface area contributed by atoms with E-state index in [1.807, 2.05) is 0 Å². The molecular formula is C15H16BFO5S. The fraction of sp³-hybridized carbons (Fsp3) is 0.533. The van der Waals surface area contributed by atoms with E-state index in [1.165, 1.54) is 0 Å². The lowest BCUT2D eigenvalue weighted by Gasteiger charge is -2.23. The second-order valence-corrected chi connectivity index (χ2v) is 7.32. The molecule has 0 aromatic heterocycles. The molecule has 2 fully saturated rings. The van der Waals surface area contributed by atoms with Crippen LogP contribution in [0.1, 0.15) is 41.1 Å². The van der Waals surface area contributed by atoms with Crippen molar-refractivity contribution in [1.82, 2.24) is 0 Å². The van der Waals surface area contributed by atoms with Crippen molar-refractivity contribution in [3.05, 3.63) is 23.3 Å². The lowest BCUT2D eigenvalue weighted by Crippen LogP contribution is -2.27. The largest absolute Gasteiger partial charge is 0.535 e. The van der Waals surface area contributed by atoms with E-state index in [2.05, 4.69) is 0 Å². The van der Waals surface area contributed by atoms with Gasteiger partial charge in [-0.05, 0) is 36.8 Å². The number of aromatic carboxylic acids is 1. The Bertz CT molecular complexity index is 651. The minimum Gasteiger partial charge on any atom is -0.535 e. The summed E-state index contributed by atoms with van der Waals surface area (Å²) in [5, 5.41) is 19.5. The van der Waals surface area contributed by atoms with Gasteiger partial charge in [-0.3, -0.25) is 0 Å². The Morgan fingerprint density at radius 2 is 2.30 bits per heavy atom. The third kappa shape index (κ3) is 2.62. The molecule has 0 spiro atoms. The molecule has 1 saturated carbocycles. The molecule has 1 aliphatic carbocycles. The Hall–Kier alpha value is -1.25. The van der Waals surface area contributed by atoms with E-state index in [-0.39, 0.29) is 23.0 Å². The summed E-state index contributed by atoms with van der Waals surface area (Å²) >= 11 is 0.851. The highest BCUT2D eigenvalue weighted by molar-refractivity contribution is 7.99. The van der Waals surface area contributed by atoms with Crippen molar-refractivity contribution in [2.75, 3.05) is 6.61 Å². The average Bonchev–Trinajstić information content (AvgIpc) is 3.13. The van der Waals surface area contributed by atoms with Gasteiger partial charge >= 0.3 is 13.1 Å². The van der Waals surface area contributed by atoms with Gasteiger partial charge in [-0.25, -0.2) is 9.18 Å². The van der Waals surface area contributed by atoms with Crippen LogP contribution in [-0.4, -0.2) is 41.4 Å².